The second-order valence-corrected chi connectivity index (χ2v) is 12.3. The predicted molar refractivity (Wildman–Crippen MR) is 146 cm³/mol. The third kappa shape index (κ3) is 5.36. The molecule has 0 radical (unpaired) electrons. The number of aliphatic hydroxyl groups is 3. The molecule has 0 bridgehead atoms. The first kappa shape index (κ1) is 31.0. The van der Waals surface area contributed by atoms with Crippen molar-refractivity contribution in [2.75, 3.05) is 13.6 Å². The van der Waals surface area contributed by atoms with Gasteiger partial charge in [-0.3, -0.25) is 4.79 Å². The standard InChI is InChI=1S/C30H41NO10/c1-16-8-9-19(15-32)24-23(16)29-12-13-31(7)18(3)30(29,37)11-10-20(25(29)40-24)38-22(34)14-21(39-26(35)17(2)33)27(36)41-28(4,5)6/h8-10,17-18,21,25,32-33,37H,11-15H2,1-7H3/t17-,18+,21-,25-,29-,30+/m0/s1. The van der Waals surface area contributed by atoms with E-state index in [9.17, 15) is 29.7 Å². The van der Waals surface area contributed by atoms with E-state index in [-0.39, 0.29) is 24.8 Å². The van der Waals surface area contributed by atoms with E-state index in [1.807, 2.05) is 27.0 Å². The van der Waals surface area contributed by atoms with Gasteiger partial charge in [0.25, 0.3) is 0 Å². The Hall–Kier alpha value is -2.99. The van der Waals surface area contributed by atoms with Crippen LogP contribution >= 0.6 is 0 Å². The van der Waals surface area contributed by atoms with E-state index in [1.54, 1.807) is 32.9 Å². The zero-order valence-electron chi connectivity index (χ0n) is 24.7. The van der Waals surface area contributed by atoms with Crippen molar-refractivity contribution in [1.29, 1.82) is 0 Å². The van der Waals surface area contributed by atoms with Crippen LogP contribution in [0.3, 0.4) is 0 Å². The lowest BCUT2D eigenvalue weighted by atomic mass is 9.54. The summed E-state index contributed by atoms with van der Waals surface area (Å²) < 4.78 is 22.7. The van der Waals surface area contributed by atoms with Gasteiger partial charge < -0.3 is 39.2 Å². The molecule has 1 saturated heterocycles. The number of likely N-dealkylation sites (N-methyl/N-ethyl adjacent to an activating group) is 1. The highest BCUT2D eigenvalue weighted by Crippen LogP contribution is 2.61. The molecular weight excluding hydrogens is 534 g/mol. The zero-order valence-corrected chi connectivity index (χ0v) is 24.7. The number of piperidine rings is 1. The summed E-state index contributed by atoms with van der Waals surface area (Å²) in [4.78, 5) is 40.2. The Labute approximate surface area is 240 Å². The van der Waals surface area contributed by atoms with E-state index in [1.165, 1.54) is 6.92 Å². The highest BCUT2D eigenvalue weighted by atomic mass is 16.6. The molecule has 4 rings (SSSR count). The van der Waals surface area contributed by atoms with Gasteiger partial charge in [-0.15, -0.1) is 0 Å². The molecule has 0 saturated carbocycles. The lowest BCUT2D eigenvalue weighted by Gasteiger charge is -2.58. The first-order chi connectivity index (χ1) is 19.1. The molecule has 0 aromatic heterocycles. The van der Waals surface area contributed by atoms with Crippen molar-refractivity contribution in [3.8, 4) is 5.75 Å². The van der Waals surface area contributed by atoms with Gasteiger partial charge in [0.1, 0.15) is 23.2 Å². The van der Waals surface area contributed by atoms with Gasteiger partial charge >= 0.3 is 17.9 Å². The van der Waals surface area contributed by atoms with E-state index < -0.39 is 59.3 Å². The van der Waals surface area contributed by atoms with Crippen LogP contribution < -0.4 is 4.74 Å². The second kappa shape index (κ2) is 11.0. The average molecular weight is 576 g/mol. The molecule has 226 valence electrons. The molecule has 2 heterocycles. The van der Waals surface area contributed by atoms with Crippen LogP contribution in [0.25, 0.3) is 0 Å². The molecule has 11 heteroatoms. The van der Waals surface area contributed by atoms with Crippen molar-refractivity contribution in [3.05, 3.63) is 40.7 Å². The van der Waals surface area contributed by atoms with Crippen molar-refractivity contribution in [1.82, 2.24) is 4.90 Å². The van der Waals surface area contributed by atoms with Gasteiger partial charge in [-0.25, -0.2) is 9.59 Å². The van der Waals surface area contributed by atoms with Crippen molar-refractivity contribution < 1.29 is 48.7 Å². The molecule has 1 spiro atoms. The van der Waals surface area contributed by atoms with Crippen molar-refractivity contribution >= 4 is 17.9 Å². The maximum Gasteiger partial charge on any atom is 0.348 e. The molecule has 0 amide bonds. The molecule has 2 aliphatic heterocycles. The van der Waals surface area contributed by atoms with E-state index in [0.717, 1.165) is 11.1 Å². The smallest absolute Gasteiger partial charge is 0.348 e. The Morgan fingerprint density at radius 1 is 1.22 bits per heavy atom. The van der Waals surface area contributed by atoms with Crippen LogP contribution in [-0.4, -0.2) is 87.3 Å². The molecule has 1 aromatic carbocycles. The number of aliphatic hydroxyl groups excluding tert-OH is 2. The van der Waals surface area contributed by atoms with Crippen LogP contribution in [0.4, 0.5) is 0 Å². The van der Waals surface area contributed by atoms with Crippen molar-refractivity contribution in [3.63, 3.8) is 0 Å². The summed E-state index contributed by atoms with van der Waals surface area (Å²) in [5, 5.41) is 32.0. The third-order valence-electron chi connectivity index (χ3n) is 8.46. The number of fused-ring (bicyclic) bond motifs is 1. The van der Waals surface area contributed by atoms with Crippen molar-refractivity contribution in [2.24, 2.45) is 0 Å². The second-order valence-electron chi connectivity index (χ2n) is 12.3. The van der Waals surface area contributed by atoms with E-state index >= 15 is 0 Å². The van der Waals surface area contributed by atoms with Gasteiger partial charge in [0.05, 0.1) is 24.0 Å². The average Bonchev–Trinajstić information content (AvgIpc) is 3.24. The molecule has 3 aliphatic rings. The summed E-state index contributed by atoms with van der Waals surface area (Å²) in [5.41, 5.74) is -0.944. The summed E-state index contributed by atoms with van der Waals surface area (Å²) in [6.45, 7) is 10.3. The summed E-state index contributed by atoms with van der Waals surface area (Å²) >= 11 is 0. The number of rotatable bonds is 7. The minimum Gasteiger partial charge on any atom is -0.481 e. The number of esters is 3. The minimum atomic E-state index is -1.65. The number of carbonyl (C=O) groups excluding carboxylic acids is 3. The molecule has 1 aromatic rings. The molecule has 1 aliphatic carbocycles. The van der Waals surface area contributed by atoms with E-state index in [0.29, 0.717) is 24.3 Å². The van der Waals surface area contributed by atoms with Gasteiger partial charge in [-0.2, -0.15) is 0 Å². The molecule has 0 unspecified atom stereocenters. The quantitative estimate of drug-likeness (QED) is 0.322. The summed E-state index contributed by atoms with van der Waals surface area (Å²) in [5.74, 6) is -2.29. The minimum absolute atomic E-state index is 0.162. The first-order valence-electron chi connectivity index (χ1n) is 13.9. The van der Waals surface area contributed by atoms with Crippen LogP contribution in [0.1, 0.15) is 70.6 Å². The molecule has 1 fully saturated rings. The lowest BCUT2D eigenvalue weighted by molar-refractivity contribution is -0.182. The highest BCUT2D eigenvalue weighted by molar-refractivity contribution is 5.86. The summed E-state index contributed by atoms with van der Waals surface area (Å²) in [6.07, 6.45) is -2.43. The first-order valence-corrected chi connectivity index (χ1v) is 13.9. The SMILES string of the molecule is Cc1ccc(CO)c2c1[C@]13CCN(C)[C@H](C)[C@]1(O)CC=C(OC(=O)C[C@H](OC(=O)[C@H](C)O)C(=O)OC(C)(C)C)[C@@H]3O2. The summed E-state index contributed by atoms with van der Waals surface area (Å²) in [6, 6.07) is 3.40. The number of benzene rings is 1. The third-order valence-corrected chi connectivity index (χ3v) is 8.46. The largest absolute Gasteiger partial charge is 0.481 e. The van der Waals surface area contributed by atoms with Gasteiger partial charge in [-0.05, 0) is 73.2 Å². The van der Waals surface area contributed by atoms with Crippen molar-refractivity contribution in [2.45, 2.75) is 108 Å². The van der Waals surface area contributed by atoms with Crippen LogP contribution in [0, 0.1) is 6.92 Å². The summed E-state index contributed by atoms with van der Waals surface area (Å²) in [7, 11) is 1.95. The number of likely N-dealkylation sites (tertiary alicyclic amines) is 1. The van der Waals surface area contributed by atoms with E-state index in [4.69, 9.17) is 18.9 Å². The Kier molecular flexibility index (Phi) is 8.32. The van der Waals surface area contributed by atoms with Crippen LogP contribution in [-0.2, 0) is 40.6 Å². The number of ether oxygens (including phenoxy) is 4. The molecular formula is C30H41NO10. The maximum absolute atomic E-state index is 13.3. The van der Waals surface area contributed by atoms with Crippen LogP contribution in [0.15, 0.2) is 24.0 Å². The predicted octanol–water partition coefficient (Wildman–Crippen LogP) is 1.80. The van der Waals surface area contributed by atoms with Gasteiger partial charge in [0.2, 0.25) is 6.10 Å². The number of nitrogens with zero attached hydrogens (tertiary/aromatic N) is 1. The Balaban J connectivity index is 1.68. The highest BCUT2D eigenvalue weighted by Gasteiger charge is 2.69. The lowest BCUT2D eigenvalue weighted by Crippen LogP contribution is -2.71. The Morgan fingerprint density at radius 2 is 1.90 bits per heavy atom. The molecule has 3 N–H and O–H groups in total. The number of aryl methyl sites for hydroxylation is 1. The van der Waals surface area contributed by atoms with Crippen LogP contribution in [0.2, 0.25) is 0 Å². The molecule has 41 heavy (non-hydrogen) atoms. The fraction of sp³-hybridized carbons (Fsp3) is 0.633. The topological polar surface area (TPSA) is 152 Å². The Bertz CT molecular complexity index is 1250. The Morgan fingerprint density at radius 3 is 2.51 bits per heavy atom. The number of hydrogen-bond acceptors (Lipinski definition) is 11. The number of hydrogen-bond donors (Lipinski definition) is 3. The van der Waals surface area contributed by atoms with Gasteiger partial charge in [0, 0.05) is 23.6 Å². The maximum atomic E-state index is 13.3. The van der Waals surface area contributed by atoms with Gasteiger partial charge in [0.15, 0.2) is 6.10 Å². The fourth-order valence-corrected chi connectivity index (χ4v) is 6.30. The number of carbonyl (C=O) groups is 3. The molecule has 11 nitrogen and oxygen atoms in total. The van der Waals surface area contributed by atoms with Crippen LogP contribution in [0.5, 0.6) is 5.75 Å². The van der Waals surface area contributed by atoms with E-state index in [2.05, 4.69) is 4.90 Å². The zero-order chi connectivity index (χ0) is 30.5. The monoisotopic (exact) mass is 575 g/mol. The molecule has 6 atom stereocenters. The normalized spacial score (nSPS) is 28.7. The fourth-order valence-electron chi connectivity index (χ4n) is 6.30. The van der Waals surface area contributed by atoms with Gasteiger partial charge in [-0.1, -0.05) is 12.1 Å².